The third-order valence-corrected chi connectivity index (χ3v) is 4.20. The molecule has 0 bridgehead atoms. The molecule has 1 aromatic heterocycles. The van der Waals surface area contributed by atoms with Gasteiger partial charge >= 0.3 is 0 Å². The van der Waals surface area contributed by atoms with Crippen molar-refractivity contribution in [1.82, 2.24) is 15.0 Å². The summed E-state index contributed by atoms with van der Waals surface area (Å²) in [4.78, 5) is 14.2. The van der Waals surface area contributed by atoms with Crippen molar-refractivity contribution in [2.45, 2.75) is 11.8 Å². The van der Waals surface area contributed by atoms with Gasteiger partial charge in [-0.1, -0.05) is 0 Å². The fourth-order valence-corrected chi connectivity index (χ4v) is 3.00. The standard InChI is InChI=1S/C12H16N4O3S/c1-2-14-12(17)7-16-20(18,19)11-6-15-10-5-8(13)3-4-9(10)11/h3-6,15-16H,2,7,13H2,1H3,(H,14,17). The number of amides is 1. The zero-order valence-electron chi connectivity index (χ0n) is 10.9. The van der Waals surface area contributed by atoms with Crippen molar-refractivity contribution in [1.29, 1.82) is 0 Å². The van der Waals surface area contributed by atoms with E-state index in [1.807, 2.05) is 0 Å². The fourth-order valence-electron chi connectivity index (χ4n) is 1.84. The van der Waals surface area contributed by atoms with E-state index in [2.05, 4.69) is 15.0 Å². The van der Waals surface area contributed by atoms with E-state index < -0.39 is 10.0 Å². The number of aromatic nitrogens is 1. The number of sulfonamides is 1. The first-order valence-corrected chi connectivity index (χ1v) is 7.55. The Morgan fingerprint density at radius 3 is 2.85 bits per heavy atom. The third-order valence-electron chi connectivity index (χ3n) is 2.75. The summed E-state index contributed by atoms with van der Waals surface area (Å²) in [5, 5.41) is 3.05. The normalized spacial score (nSPS) is 11.7. The molecule has 0 atom stereocenters. The van der Waals surface area contributed by atoms with Gasteiger partial charge in [0.25, 0.3) is 0 Å². The molecule has 0 spiro atoms. The Balaban J connectivity index is 2.26. The lowest BCUT2D eigenvalue weighted by Gasteiger charge is -2.05. The SMILES string of the molecule is CCNC(=O)CNS(=O)(=O)c1c[nH]c2cc(N)ccc12. The van der Waals surface area contributed by atoms with Gasteiger partial charge in [0.1, 0.15) is 4.90 Å². The molecule has 1 heterocycles. The van der Waals surface area contributed by atoms with Crippen molar-refractivity contribution in [3.63, 3.8) is 0 Å². The average Bonchev–Trinajstić information content (AvgIpc) is 2.80. The van der Waals surface area contributed by atoms with E-state index in [1.165, 1.54) is 6.20 Å². The highest BCUT2D eigenvalue weighted by Gasteiger charge is 2.19. The Hall–Kier alpha value is -2.06. The van der Waals surface area contributed by atoms with E-state index in [0.29, 0.717) is 23.1 Å². The number of nitrogen functional groups attached to an aromatic ring is 1. The van der Waals surface area contributed by atoms with Crippen LogP contribution >= 0.6 is 0 Å². The molecule has 0 saturated heterocycles. The minimum absolute atomic E-state index is 0.0943. The molecule has 8 heteroatoms. The minimum atomic E-state index is -3.75. The molecule has 0 saturated carbocycles. The summed E-state index contributed by atoms with van der Waals surface area (Å²) in [6, 6.07) is 4.90. The predicted octanol–water partition coefficient (Wildman–Crippen LogP) is 0.165. The summed E-state index contributed by atoms with van der Waals surface area (Å²) in [5.41, 5.74) is 6.80. The minimum Gasteiger partial charge on any atom is -0.399 e. The first-order valence-electron chi connectivity index (χ1n) is 6.07. The van der Waals surface area contributed by atoms with Gasteiger partial charge in [-0.25, -0.2) is 13.1 Å². The molecule has 0 aliphatic rings. The maximum absolute atomic E-state index is 12.2. The maximum Gasteiger partial charge on any atom is 0.243 e. The van der Waals surface area contributed by atoms with E-state index in [0.717, 1.165) is 0 Å². The molecular formula is C12H16N4O3S. The number of aromatic amines is 1. The van der Waals surface area contributed by atoms with Gasteiger partial charge in [-0.05, 0) is 25.1 Å². The number of anilines is 1. The largest absolute Gasteiger partial charge is 0.399 e. The van der Waals surface area contributed by atoms with Crippen LogP contribution in [0, 0.1) is 0 Å². The van der Waals surface area contributed by atoms with Crippen LogP contribution in [0.1, 0.15) is 6.92 Å². The second-order valence-corrected chi connectivity index (χ2v) is 5.97. The molecule has 5 N–H and O–H groups in total. The molecule has 1 aromatic carbocycles. The molecule has 7 nitrogen and oxygen atoms in total. The van der Waals surface area contributed by atoms with Gasteiger partial charge in [0, 0.05) is 29.3 Å². The van der Waals surface area contributed by atoms with Gasteiger partial charge in [0.05, 0.1) is 6.54 Å². The maximum atomic E-state index is 12.2. The number of hydrogen-bond acceptors (Lipinski definition) is 4. The van der Waals surface area contributed by atoms with Crippen LogP contribution in [0.2, 0.25) is 0 Å². The van der Waals surface area contributed by atoms with Crippen LogP contribution in [0.5, 0.6) is 0 Å². The molecule has 2 rings (SSSR count). The first kappa shape index (κ1) is 14.4. The lowest BCUT2D eigenvalue weighted by Crippen LogP contribution is -2.36. The van der Waals surface area contributed by atoms with Gasteiger partial charge in [-0.3, -0.25) is 4.79 Å². The molecular weight excluding hydrogens is 280 g/mol. The Labute approximate surface area is 116 Å². The molecule has 1 amide bonds. The number of nitrogens with two attached hydrogens (primary N) is 1. The summed E-state index contributed by atoms with van der Waals surface area (Å²) in [7, 11) is -3.75. The van der Waals surface area contributed by atoms with Crippen molar-refractivity contribution >= 4 is 32.5 Å². The predicted molar refractivity (Wildman–Crippen MR) is 76.6 cm³/mol. The molecule has 20 heavy (non-hydrogen) atoms. The number of carbonyl (C=O) groups is 1. The van der Waals surface area contributed by atoms with Crippen LogP contribution in [0.25, 0.3) is 10.9 Å². The van der Waals surface area contributed by atoms with Crippen molar-refractivity contribution in [2.24, 2.45) is 0 Å². The number of H-pyrrole nitrogens is 1. The average molecular weight is 296 g/mol. The van der Waals surface area contributed by atoms with E-state index >= 15 is 0 Å². The third kappa shape index (κ3) is 2.91. The van der Waals surface area contributed by atoms with Crippen LogP contribution in [0.15, 0.2) is 29.3 Å². The van der Waals surface area contributed by atoms with Gasteiger partial charge in [0.2, 0.25) is 15.9 Å². The van der Waals surface area contributed by atoms with E-state index in [9.17, 15) is 13.2 Å². The lowest BCUT2D eigenvalue weighted by atomic mass is 10.2. The smallest absolute Gasteiger partial charge is 0.243 e. The Bertz CT molecular complexity index is 736. The Morgan fingerprint density at radius 1 is 1.40 bits per heavy atom. The lowest BCUT2D eigenvalue weighted by molar-refractivity contribution is -0.119. The van der Waals surface area contributed by atoms with E-state index in [4.69, 9.17) is 5.73 Å². The highest BCUT2D eigenvalue weighted by Crippen LogP contribution is 2.24. The number of rotatable bonds is 5. The second-order valence-electron chi connectivity index (χ2n) is 4.24. The van der Waals surface area contributed by atoms with Gasteiger partial charge < -0.3 is 16.0 Å². The Morgan fingerprint density at radius 2 is 2.15 bits per heavy atom. The summed E-state index contributed by atoms with van der Waals surface area (Å²) < 4.78 is 26.6. The molecule has 2 aromatic rings. The monoisotopic (exact) mass is 296 g/mol. The van der Waals surface area contributed by atoms with Gasteiger partial charge in [-0.15, -0.1) is 0 Å². The topological polar surface area (TPSA) is 117 Å². The Kier molecular flexibility index (Phi) is 3.96. The number of benzene rings is 1. The summed E-state index contributed by atoms with van der Waals surface area (Å²) >= 11 is 0. The number of fused-ring (bicyclic) bond motifs is 1. The summed E-state index contributed by atoms with van der Waals surface area (Å²) in [5.74, 6) is -0.375. The number of hydrogen-bond donors (Lipinski definition) is 4. The van der Waals surface area contributed by atoms with E-state index in [1.54, 1.807) is 25.1 Å². The molecule has 0 aliphatic heterocycles. The first-order chi connectivity index (χ1) is 9.44. The molecule has 0 aliphatic carbocycles. The zero-order chi connectivity index (χ0) is 14.8. The van der Waals surface area contributed by atoms with Crippen molar-refractivity contribution in [3.05, 3.63) is 24.4 Å². The van der Waals surface area contributed by atoms with Crippen LogP contribution in [0.4, 0.5) is 5.69 Å². The second kappa shape index (κ2) is 5.51. The highest BCUT2D eigenvalue weighted by atomic mass is 32.2. The number of likely N-dealkylation sites (N-methyl/N-ethyl adjacent to an activating group) is 1. The van der Waals surface area contributed by atoms with Crippen LogP contribution in [0.3, 0.4) is 0 Å². The van der Waals surface area contributed by atoms with Crippen LogP contribution in [-0.2, 0) is 14.8 Å². The zero-order valence-corrected chi connectivity index (χ0v) is 11.8. The quantitative estimate of drug-likeness (QED) is 0.588. The van der Waals surface area contributed by atoms with Crippen molar-refractivity contribution in [3.8, 4) is 0 Å². The molecule has 108 valence electrons. The number of nitrogens with one attached hydrogen (secondary N) is 3. The van der Waals surface area contributed by atoms with Gasteiger partial charge in [-0.2, -0.15) is 0 Å². The number of carbonyl (C=O) groups excluding carboxylic acids is 1. The summed E-state index contributed by atoms with van der Waals surface area (Å²) in [6.45, 7) is 1.92. The molecule has 0 radical (unpaired) electrons. The van der Waals surface area contributed by atoms with E-state index in [-0.39, 0.29) is 17.3 Å². The van der Waals surface area contributed by atoms with Crippen LogP contribution < -0.4 is 15.8 Å². The highest BCUT2D eigenvalue weighted by molar-refractivity contribution is 7.89. The van der Waals surface area contributed by atoms with Crippen molar-refractivity contribution in [2.75, 3.05) is 18.8 Å². The van der Waals surface area contributed by atoms with Crippen LogP contribution in [-0.4, -0.2) is 32.4 Å². The summed E-state index contributed by atoms with van der Waals surface area (Å²) in [6.07, 6.45) is 1.38. The fraction of sp³-hybridized carbons (Fsp3) is 0.250. The molecule has 0 fully saturated rings. The van der Waals surface area contributed by atoms with Crippen molar-refractivity contribution < 1.29 is 13.2 Å². The molecule has 0 unspecified atom stereocenters. The van der Waals surface area contributed by atoms with Gasteiger partial charge in [0.15, 0.2) is 0 Å².